The number of benzene rings is 1. The standard InChI is InChI=1S/C12H14O5/c1-15-11(14)7-9(13)8-3-2-4-10-12(8)17-6-5-16-10/h2-4,9,13H,5-7H2,1H3. The van der Waals surface area contributed by atoms with Crippen LogP contribution in [0.15, 0.2) is 18.2 Å². The lowest BCUT2D eigenvalue weighted by molar-refractivity contribution is -0.142. The molecule has 0 bridgehead atoms. The highest BCUT2D eigenvalue weighted by molar-refractivity contribution is 5.70. The highest BCUT2D eigenvalue weighted by Crippen LogP contribution is 2.37. The smallest absolute Gasteiger partial charge is 0.308 e. The molecule has 1 aromatic carbocycles. The summed E-state index contributed by atoms with van der Waals surface area (Å²) in [5, 5.41) is 9.94. The van der Waals surface area contributed by atoms with Crippen LogP contribution in [-0.4, -0.2) is 31.4 Å². The highest BCUT2D eigenvalue weighted by atomic mass is 16.6. The van der Waals surface area contributed by atoms with Crippen LogP contribution in [-0.2, 0) is 9.53 Å². The van der Waals surface area contributed by atoms with Crippen molar-refractivity contribution in [3.05, 3.63) is 23.8 Å². The van der Waals surface area contributed by atoms with E-state index in [2.05, 4.69) is 4.74 Å². The van der Waals surface area contributed by atoms with Crippen LogP contribution in [0.5, 0.6) is 11.5 Å². The number of fused-ring (bicyclic) bond motifs is 1. The molecule has 2 rings (SSSR count). The zero-order valence-corrected chi connectivity index (χ0v) is 9.51. The quantitative estimate of drug-likeness (QED) is 0.797. The Balaban J connectivity index is 2.22. The second-order valence-corrected chi connectivity index (χ2v) is 3.67. The van der Waals surface area contributed by atoms with Crippen molar-refractivity contribution >= 4 is 5.97 Å². The summed E-state index contributed by atoms with van der Waals surface area (Å²) < 4.78 is 15.4. The molecule has 0 amide bonds. The van der Waals surface area contributed by atoms with Crippen LogP contribution in [0.1, 0.15) is 18.1 Å². The van der Waals surface area contributed by atoms with Gasteiger partial charge in [-0.2, -0.15) is 0 Å². The number of aliphatic hydroxyl groups is 1. The average Bonchev–Trinajstić information content (AvgIpc) is 2.37. The molecule has 17 heavy (non-hydrogen) atoms. The number of carbonyl (C=O) groups is 1. The molecule has 0 spiro atoms. The van der Waals surface area contributed by atoms with Gasteiger partial charge < -0.3 is 19.3 Å². The Labute approximate surface area is 98.9 Å². The molecule has 92 valence electrons. The minimum atomic E-state index is -0.945. The topological polar surface area (TPSA) is 65.0 Å². The molecule has 1 aliphatic rings. The minimum Gasteiger partial charge on any atom is -0.486 e. The van der Waals surface area contributed by atoms with Crippen LogP contribution >= 0.6 is 0 Å². The van der Waals surface area contributed by atoms with E-state index in [-0.39, 0.29) is 6.42 Å². The lowest BCUT2D eigenvalue weighted by Gasteiger charge is -2.22. The van der Waals surface area contributed by atoms with Gasteiger partial charge in [0.15, 0.2) is 11.5 Å². The maximum absolute atomic E-state index is 11.1. The van der Waals surface area contributed by atoms with Gasteiger partial charge in [0, 0.05) is 5.56 Å². The fourth-order valence-corrected chi connectivity index (χ4v) is 1.71. The molecule has 1 N–H and O–H groups in total. The first-order valence-corrected chi connectivity index (χ1v) is 5.35. The second-order valence-electron chi connectivity index (χ2n) is 3.67. The molecule has 0 fully saturated rings. The molecular weight excluding hydrogens is 224 g/mol. The Hall–Kier alpha value is -1.75. The molecular formula is C12H14O5. The second kappa shape index (κ2) is 5.05. The molecule has 0 saturated carbocycles. The molecule has 5 nitrogen and oxygen atoms in total. The number of esters is 1. The lowest BCUT2D eigenvalue weighted by Crippen LogP contribution is -2.18. The summed E-state index contributed by atoms with van der Waals surface area (Å²) in [6, 6.07) is 5.23. The summed E-state index contributed by atoms with van der Waals surface area (Å²) in [5.41, 5.74) is 0.549. The molecule has 1 aromatic rings. The van der Waals surface area contributed by atoms with Gasteiger partial charge in [0.25, 0.3) is 0 Å². The summed E-state index contributed by atoms with van der Waals surface area (Å²) in [4.78, 5) is 11.1. The van der Waals surface area contributed by atoms with Crippen LogP contribution in [0.4, 0.5) is 0 Å². The minimum absolute atomic E-state index is 0.101. The molecule has 1 unspecified atom stereocenters. The molecule has 5 heteroatoms. The summed E-state index contributed by atoms with van der Waals surface area (Å²) >= 11 is 0. The molecule has 0 saturated heterocycles. The van der Waals surface area contributed by atoms with Crippen LogP contribution in [0, 0.1) is 0 Å². The third-order valence-electron chi connectivity index (χ3n) is 2.54. The van der Waals surface area contributed by atoms with Gasteiger partial charge in [-0.25, -0.2) is 0 Å². The van der Waals surface area contributed by atoms with E-state index >= 15 is 0 Å². The molecule has 0 aliphatic carbocycles. The largest absolute Gasteiger partial charge is 0.486 e. The number of para-hydroxylation sites is 1. The Morgan fingerprint density at radius 3 is 3.00 bits per heavy atom. The van der Waals surface area contributed by atoms with Gasteiger partial charge >= 0.3 is 5.97 Å². The number of carbonyl (C=O) groups excluding carboxylic acids is 1. The van der Waals surface area contributed by atoms with Crippen molar-refractivity contribution in [1.82, 2.24) is 0 Å². The van der Waals surface area contributed by atoms with Crippen molar-refractivity contribution in [2.45, 2.75) is 12.5 Å². The predicted molar refractivity (Wildman–Crippen MR) is 59.0 cm³/mol. The van der Waals surface area contributed by atoms with Crippen molar-refractivity contribution in [1.29, 1.82) is 0 Å². The van der Waals surface area contributed by atoms with E-state index in [0.717, 1.165) is 0 Å². The first-order valence-electron chi connectivity index (χ1n) is 5.35. The monoisotopic (exact) mass is 238 g/mol. The summed E-state index contributed by atoms with van der Waals surface area (Å²) in [6.07, 6.45) is -1.05. The van der Waals surface area contributed by atoms with E-state index in [4.69, 9.17) is 9.47 Å². The third kappa shape index (κ3) is 2.50. The van der Waals surface area contributed by atoms with E-state index in [1.165, 1.54) is 7.11 Å². The first-order chi connectivity index (χ1) is 8.22. The lowest BCUT2D eigenvalue weighted by atomic mass is 10.0. The van der Waals surface area contributed by atoms with Crippen molar-refractivity contribution in [3.63, 3.8) is 0 Å². The van der Waals surface area contributed by atoms with Gasteiger partial charge in [0.1, 0.15) is 13.2 Å². The number of aliphatic hydroxyl groups excluding tert-OH is 1. The van der Waals surface area contributed by atoms with Gasteiger partial charge in [-0.1, -0.05) is 12.1 Å². The Bertz CT molecular complexity index is 415. The highest BCUT2D eigenvalue weighted by Gasteiger charge is 2.22. The molecule has 0 aromatic heterocycles. The Kier molecular flexibility index (Phi) is 3.49. The van der Waals surface area contributed by atoms with E-state index in [1.807, 2.05) is 0 Å². The van der Waals surface area contributed by atoms with Crippen LogP contribution in [0.2, 0.25) is 0 Å². The predicted octanol–water partition coefficient (Wildman–Crippen LogP) is 1.05. The summed E-state index contributed by atoms with van der Waals surface area (Å²) in [7, 11) is 1.29. The average molecular weight is 238 g/mol. The maximum atomic E-state index is 11.1. The first kappa shape index (κ1) is 11.7. The van der Waals surface area contributed by atoms with Crippen molar-refractivity contribution in [2.75, 3.05) is 20.3 Å². The Morgan fingerprint density at radius 2 is 2.24 bits per heavy atom. The van der Waals surface area contributed by atoms with Crippen LogP contribution in [0.3, 0.4) is 0 Å². The number of rotatable bonds is 3. The van der Waals surface area contributed by atoms with Gasteiger partial charge in [-0.15, -0.1) is 0 Å². The van der Waals surface area contributed by atoms with Crippen LogP contribution < -0.4 is 9.47 Å². The number of methoxy groups -OCH3 is 1. The zero-order chi connectivity index (χ0) is 12.3. The van der Waals surface area contributed by atoms with E-state index < -0.39 is 12.1 Å². The number of ether oxygens (including phenoxy) is 3. The number of hydrogen-bond donors (Lipinski definition) is 1. The van der Waals surface area contributed by atoms with E-state index in [0.29, 0.717) is 30.3 Å². The molecule has 1 aliphatic heterocycles. The summed E-state index contributed by atoms with van der Waals surface area (Å²) in [6.45, 7) is 0.929. The fourth-order valence-electron chi connectivity index (χ4n) is 1.71. The fraction of sp³-hybridized carbons (Fsp3) is 0.417. The van der Waals surface area contributed by atoms with Gasteiger partial charge in [0.05, 0.1) is 19.6 Å². The molecule has 1 heterocycles. The van der Waals surface area contributed by atoms with Crippen molar-refractivity contribution in [2.24, 2.45) is 0 Å². The van der Waals surface area contributed by atoms with E-state index in [9.17, 15) is 9.90 Å². The third-order valence-corrected chi connectivity index (χ3v) is 2.54. The van der Waals surface area contributed by atoms with Crippen molar-refractivity contribution in [3.8, 4) is 11.5 Å². The SMILES string of the molecule is COC(=O)CC(O)c1cccc2c1OCCO2. The van der Waals surface area contributed by atoms with Gasteiger partial charge in [-0.3, -0.25) is 4.79 Å². The molecule has 0 radical (unpaired) electrons. The van der Waals surface area contributed by atoms with Crippen molar-refractivity contribution < 1.29 is 24.1 Å². The molecule has 1 atom stereocenters. The maximum Gasteiger partial charge on any atom is 0.308 e. The summed E-state index contributed by atoms with van der Waals surface area (Å²) in [5.74, 6) is 0.639. The van der Waals surface area contributed by atoms with Gasteiger partial charge in [-0.05, 0) is 6.07 Å². The normalized spacial score (nSPS) is 15.2. The van der Waals surface area contributed by atoms with E-state index in [1.54, 1.807) is 18.2 Å². The zero-order valence-electron chi connectivity index (χ0n) is 9.51. The Morgan fingerprint density at radius 1 is 1.47 bits per heavy atom. The van der Waals surface area contributed by atoms with Crippen LogP contribution in [0.25, 0.3) is 0 Å². The van der Waals surface area contributed by atoms with Gasteiger partial charge in [0.2, 0.25) is 0 Å². The number of hydrogen-bond acceptors (Lipinski definition) is 5.